The zero-order chi connectivity index (χ0) is 13.7. The molecule has 0 amide bonds. The highest BCUT2D eigenvalue weighted by Gasteiger charge is 2.26. The molecule has 1 aromatic heterocycles. The van der Waals surface area contributed by atoms with Gasteiger partial charge in [-0.15, -0.1) is 0 Å². The molecule has 0 saturated carbocycles. The van der Waals surface area contributed by atoms with Gasteiger partial charge in [0.15, 0.2) is 0 Å². The quantitative estimate of drug-likeness (QED) is 0.799. The van der Waals surface area contributed by atoms with Gasteiger partial charge in [0.25, 0.3) is 0 Å². The predicted octanol–water partition coefficient (Wildman–Crippen LogP) is -0.357. The summed E-state index contributed by atoms with van der Waals surface area (Å²) in [6.45, 7) is 3.15. The van der Waals surface area contributed by atoms with Crippen LogP contribution >= 0.6 is 0 Å². The average molecular weight is 288 g/mol. The summed E-state index contributed by atoms with van der Waals surface area (Å²) in [5, 5.41) is 4.06. The van der Waals surface area contributed by atoms with E-state index in [1.807, 2.05) is 0 Å². The number of aromatic nitrogens is 2. The molecule has 0 radical (unpaired) electrons. The van der Waals surface area contributed by atoms with E-state index in [2.05, 4.69) is 5.10 Å². The molecule has 1 saturated heterocycles. The van der Waals surface area contributed by atoms with Crippen molar-refractivity contribution >= 4 is 10.0 Å². The predicted molar refractivity (Wildman–Crippen MR) is 70.1 cm³/mol. The Balaban J connectivity index is 2.11. The van der Waals surface area contributed by atoms with Gasteiger partial charge in [0.2, 0.25) is 10.0 Å². The van der Waals surface area contributed by atoms with Crippen LogP contribution in [0.15, 0.2) is 17.3 Å². The lowest BCUT2D eigenvalue weighted by atomic mass is 10.4. The number of sulfonamides is 1. The third kappa shape index (κ3) is 3.53. The van der Waals surface area contributed by atoms with Crippen LogP contribution in [-0.4, -0.2) is 55.4 Å². The van der Waals surface area contributed by atoms with E-state index in [9.17, 15) is 8.42 Å². The van der Waals surface area contributed by atoms with Crippen LogP contribution < -0.4 is 5.73 Å². The van der Waals surface area contributed by atoms with Crippen LogP contribution in [0.25, 0.3) is 0 Å². The summed E-state index contributed by atoms with van der Waals surface area (Å²) in [6.07, 6.45) is 4.47. The van der Waals surface area contributed by atoms with Crippen LogP contribution in [0, 0.1) is 0 Å². The molecule has 0 atom stereocenters. The van der Waals surface area contributed by atoms with Gasteiger partial charge in [0, 0.05) is 32.4 Å². The summed E-state index contributed by atoms with van der Waals surface area (Å²) in [5.41, 5.74) is 5.42. The van der Waals surface area contributed by atoms with Crippen molar-refractivity contribution in [2.24, 2.45) is 5.73 Å². The summed E-state index contributed by atoms with van der Waals surface area (Å²) >= 11 is 0. The standard InChI is InChI=1S/C11H20N4O3S/c12-3-1-4-14-10-11(9-13-14)19(16,17)15-5-2-7-18-8-6-15/h9-10H,1-8,12H2. The Morgan fingerprint density at radius 2 is 2.21 bits per heavy atom. The number of aryl methyl sites for hydroxylation is 1. The molecule has 1 aliphatic rings. The Morgan fingerprint density at radius 1 is 1.37 bits per heavy atom. The second-order valence-electron chi connectivity index (χ2n) is 4.45. The van der Waals surface area contributed by atoms with Crippen molar-refractivity contribution in [3.63, 3.8) is 0 Å². The van der Waals surface area contributed by atoms with E-state index in [-0.39, 0.29) is 4.90 Å². The lowest BCUT2D eigenvalue weighted by Gasteiger charge is -2.17. The Labute approximate surface area is 113 Å². The maximum absolute atomic E-state index is 12.4. The minimum atomic E-state index is -3.45. The number of nitrogens with two attached hydrogens (primary N) is 1. The molecule has 2 heterocycles. The molecule has 0 unspecified atom stereocenters. The maximum atomic E-state index is 12.4. The first kappa shape index (κ1) is 14.4. The first-order chi connectivity index (χ1) is 9.14. The van der Waals surface area contributed by atoms with Gasteiger partial charge in [-0.2, -0.15) is 9.40 Å². The summed E-state index contributed by atoms with van der Waals surface area (Å²) in [5.74, 6) is 0. The fraction of sp³-hybridized carbons (Fsp3) is 0.727. The maximum Gasteiger partial charge on any atom is 0.246 e. The normalized spacial score (nSPS) is 18.4. The number of hydrogen-bond acceptors (Lipinski definition) is 5. The van der Waals surface area contributed by atoms with Crippen LogP contribution in [0.4, 0.5) is 0 Å². The molecule has 1 fully saturated rings. The molecule has 8 heteroatoms. The lowest BCUT2D eigenvalue weighted by molar-refractivity contribution is 0.148. The van der Waals surface area contributed by atoms with Gasteiger partial charge >= 0.3 is 0 Å². The number of rotatable bonds is 5. The van der Waals surface area contributed by atoms with Crippen LogP contribution in [0.3, 0.4) is 0 Å². The molecule has 1 aromatic rings. The minimum absolute atomic E-state index is 0.242. The number of hydrogen-bond donors (Lipinski definition) is 1. The van der Waals surface area contributed by atoms with Gasteiger partial charge in [-0.05, 0) is 19.4 Å². The second kappa shape index (κ2) is 6.47. The topological polar surface area (TPSA) is 90.5 Å². The zero-order valence-electron chi connectivity index (χ0n) is 10.9. The number of ether oxygens (including phenoxy) is 1. The van der Waals surface area contributed by atoms with Crippen molar-refractivity contribution in [1.29, 1.82) is 0 Å². The van der Waals surface area contributed by atoms with Gasteiger partial charge in [0.1, 0.15) is 4.90 Å². The molecule has 2 rings (SSSR count). The summed E-state index contributed by atoms with van der Waals surface area (Å²) in [6, 6.07) is 0. The van der Waals surface area contributed by atoms with Crippen LogP contribution in [0.2, 0.25) is 0 Å². The third-order valence-electron chi connectivity index (χ3n) is 3.02. The SMILES string of the molecule is NCCCn1cc(S(=O)(=O)N2CCCOCC2)cn1. The Bertz CT molecular complexity index is 492. The van der Waals surface area contributed by atoms with Gasteiger partial charge in [0.05, 0.1) is 12.8 Å². The Hall–Kier alpha value is -0.960. The highest BCUT2D eigenvalue weighted by molar-refractivity contribution is 7.89. The average Bonchev–Trinajstić information content (AvgIpc) is 2.70. The highest BCUT2D eigenvalue weighted by Crippen LogP contribution is 2.16. The molecule has 2 N–H and O–H groups in total. The third-order valence-corrected chi connectivity index (χ3v) is 4.87. The van der Waals surface area contributed by atoms with Crippen molar-refractivity contribution < 1.29 is 13.2 Å². The van der Waals surface area contributed by atoms with Crippen molar-refractivity contribution in [3.05, 3.63) is 12.4 Å². The molecule has 108 valence electrons. The monoisotopic (exact) mass is 288 g/mol. The second-order valence-corrected chi connectivity index (χ2v) is 6.39. The van der Waals surface area contributed by atoms with Crippen LogP contribution in [0.5, 0.6) is 0 Å². The van der Waals surface area contributed by atoms with Gasteiger partial charge in [-0.1, -0.05) is 0 Å². The van der Waals surface area contributed by atoms with Gasteiger partial charge in [-0.25, -0.2) is 8.42 Å². The fourth-order valence-electron chi connectivity index (χ4n) is 1.97. The molecular weight excluding hydrogens is 268 g/mol. The molecule has 0 aliphatic carbocycles. The van der Waals surface area contributed by atoms with Crippen LogP contribution in [-0.2, 0) is 21.3 Å². The molecule has 0 aromatic carbocycles. The number of nitrogens with zero attached hydrogens (tertiary/aromatic N) is 3. The first-order valence-corrected chi connectivity index (χ1v) is 7.89. The van der Waals surface area contributed by atoms with Crippen molar-refractivity contribution in [2.75, 3.05) is 32.8 Å². The van der Waals surface area contributed by atoms with Gasteiger partial charge < -0.3 is 10.5 Å². The molecule has 0 bridgehead atoms. The van der Waals surface area contributed by atoms with Crippen molar-refractivity contribution in [1.82, 2.24) is 14.1 Å². The van der Waals surface area contributed by atoms with E-state index in [1.54, 1.807) is 10.9 Å². The summed E-state index contributed by atoms with van der Waals surface area (Å²) < 4.78 is 33.2. The van der Waals surface area contributed by atoms with E-state index in [1.165, 1.54) is 10.5 Å². The van der Waals surface area contributed by atoms with E-state index in [0.717, 1.165) is 12.8 Å². The molecule has 19 heavy (non-hydrogen) atoms. The van der Waals surface area contributed by atoms with Crippen molar-refractivity contribution in [3.8, 4) is 0 Å². The first-order valence-electron chi connectivity index (χ1n) is 6.45. The smallest absolute Gasteiger partial charge is 0.246 e. The molecular formula is C11H20N4O3S. The summed E-state index contributed by atoms with van der Waals surface area (Å²) in [7, 11) is -3.45. The van der Waals surface area contributed by atoms with Gasteiger partial charge in [-0.3, -0.25) is 4.68 Å². The van der Waals surface area contributed by atoms with E-state index in [0.29, 0.717) is 39.4 Å². The molecule has 7 nitrogen and oxygen atoms in total. The molecule has 1 aliphatic heterocycles. The lowest BCUT2D eigenvalue weighted by Crippen LogP contribution is -2.33. The van der Waals surface area contributed by atoms with Crippen molar-refractivity contribution in [2.45, 2.75) is 24.3 Å². The Kier molecular flexibility index (Phi) is 4.92. The summed E-state index contributed by atoms with van der Waals surface area (Å²) in [4.78, 5) is 0.242. The fourth-order valence-corrected chi connectivity index (χ4v) is 3.38. The van der Waals surface area contributed by atoms with E-state index >= 15 is 0 Å². The minimum Gasteiger partial charge on any atom is -0.380 e. The van der Waals surface area contributed by atoms with E-state index < -0.39 is 10.0 Å². The largest absolute Gasteiger partial charge is 0.380 e. The Morgan fingerprint density at radius 3 is 3.00 bits per heavy atom. The highest BCUT2D eigenvalue weighted by atomic mass is 32.2. The van der Waals surface area contributed by atoms with Crippen LogP contribution in [0.1, 0.15) is 12.8 Å². The van der Waals surface area contributed by atoms with E-state index in [4.69, 9.17) is 10.5 Å². The molecule has 0 spiro atoms. The zero-order valence-corrected chi connectivity index (χ0v) is 11.7.